The largest absolute Gasteiger partial charge is 0.493 e. The lowest BCUT2D eigenvalue weighted by Gasteiger charge is -2.11. The second kappa shape index (κ2) is 8.18. The Kier molecular flexibility index (Phi) is 5.42. The summed E-state index contributed by atoms with van der Waals surface area (Å²) in [5, 5.41) is 4.57. The van der Waals surface area contributed by atoms with Crippen molar-refractivity contribution in [2.24, 2.45) is 14.1 Å². The van der Waals surface area contributed by atoms with Crippen molar-refractivity contribution >= 4 is 27.7 Å². The molecule has 1 N–H and O–H groups in total. The highest BCUT2D eigenvalue weighted by Crippen LogP contribution is 2.29. The monoisotopic (exact) mass is 419 g/mol. The molecule has 2 heterocycles. The van der Waals surface area contributed by atoms with Crippen LogP contribution >= 0.6 is 0 Å². The van der Waals surface area contributed by atoms with Gasteiger partial charge in [-0.05, 0) is 30.2 Å². The molecule has 0 saturated heterocycles. The summed E-state index contributed by atoms with van der Waals surface area (Å²) in [7, 11) is 6.71. The van der Waals surface area contributed by atoms with Crippen molar-refractivity contribution in [2.45, 2.75) is 6.42 Å². The second-order valence-electron chi connectivity index (χ2n) is 7.45. The molecule has 1 amide bonds. The number of aryl methyl sites for hydroxylation is 2. The number of nitrogens with one attached hydrogen (secondary N) is 1. The number of hydrogen-bond donors (Lipinski definition) is 1. The molecule has 0 radical (unpaired) electrons. The van der Waals surface area contributed by atoms with Gasteiger partial charge in [-0.1, -0.05) is 24.3 Å². The van der Waals surface area contributed by atoms with Gasteiger partial charge < -0.3 is 23.9 Å². The van der Waals surface area contributed by atoms with Crippen LogP contribution in [-0.2, 0) is 20.5 Å². The Hall–Kier alpha value is -3.74. The minimum atomic E-state index is -0.211. The fourth-order valence-corrected chi connectivity index (χ4v) is 4.02. The number of hydrogen-bond acceptors (Lipinski definition) is 4. The van der Waals surface area contributed by atoms with E-state index in [-0.39, 0.29) is 11.5 Å². The number of carbonyl (C=O) groups excluding carboxylic acids is 1. The molecule has 0 aliphatic rings. The molecule has 2 aromatic carbocycles. The van der Waals surface area contributed by atoms with Gasteiger partial charge in [-0.2, -0.15) is 0 Å². The van der Waals surface area contributed by atoms with E-state index in [4.69, 9.17) is 9.47 Å². The maximum Gasteiger partial charge on any atom is 0.274 e. The van der Waals surface area contributed by atoms with Crippen LogP contribution in [0.4, 0.5) is 0 Å². The van der Waals surface area contributed by atoms with Gasteiger partial charge in [0.15, 0.2) is 11.5 Å². The lowest BCUT2D eigenvalue weighted by molar-refractivity contribution is 0.0955. The lowest BCUT2D eigenvalue weighted by Crippen LogP contribution is -2.28. The maximum atomic E-state index is 13.1. The zero-order chi connectivity index (χ0) is 22.1. The molecule has 0 fully saturated rings. The zero-order valence-corrected chi connectivity index (χ0v) is 18.1. The molecule has 7 heteroatoms. The smallest absolute Gasteiger partial charge is 0.274 e. The van der Waals surface area contributed by atoms with Crippen LogP contribution in [0.25, 0.3) is 21.8 Å². The third-order valence-corrected chi connectivity index (χ3v) is 5.61. The Morgan fingerprint density at radius 1 is 1.03 bits per heavy atom. The minimum Gasteiger partial charge on any atom is -0.493 e. The highest BCUT2D eigenvalue weighted by molar-refractivity contribution is 6.17. The van der Waals surface area contributed by atoms with Crippen molar-refractivity contribution in [2.75, 3.05) is 20.8 Å². The third-order valence-electron chi connectivity index (χ3n) is 5.61. The number of carbonyl (C=O) groups is 1. The Balaban J connectivity index is 1.64. The number of benzene rings is 2. The summed E-state index contributed by atoms with van der Waals surface area (Å²) in [5.41, 5.74) is 2.82. The van der Waals surface area contributed by atoms with Crippen molar-refractivity contribution in [1.29, 1.82) is 0 Å². The van der Waals surface area contributed by atoms with Gasteiger partial charge in [-0.25, -0.2) is 0 Å². The van der Waals surface area contributed by atoms with Gasteiger partial charge in [-0.15, -0.1) is 0 Å². The Morgan fingerprint density at radius 3 is 2.52 bits per heavy atom. The summed E-state index contributed by atoms with van der Waals surface area (Å²) >= 11 is 0. The van der Waals surface area contributed by atoms with Gasteiger partial charge >= 0.3 is 0 Å². The highest BCUT2D eigenvalue weighted by atomic mass is 16.5. The fraction of sp³-hybridized carbons (Fsp3) is 0.250. The van der Waals surface area contributed by atoms with Gasteiger partial charge in [0.25, 0.3) is 11.5 Å². The van der Waals surface area contributed by atoms with E-state index in [0.717, 1.165) is 16.5 Å². The maximum absolute atomic E-state index is 13.1. The number of ether oxygens (including phenoxy) is 2. The van der Waals surface area contributed by atoms with E-state index in [9.17, 15) is 9.59 Å². The van der Waals surface area contributed by atoms with E-state index < -0.39 is 0 Å². The van der Waals surface area contributed by atoms with Gasteiger partial charge in [-0.3, -0.25) is 9.59 Å². The molecule has 4 rings (SSSR count). The molecule has 0 spiro atoms. The topological polar surface area (TPSA) is 74.5 Å². The SMILES string of the molecule is COc1ccc(CCNC(=O)c2cn(C)c(=O)c3c2c2ccccc2n3C)cc1OC. The van der Waals surface area contributed by atoms with Crippen LogP contribution in [0.5, 0.6) is 11.5 Å². The first-order valence-corrected chi connectivity index (χ1v) is 10.0. The average molecular weight is 419 g/mol. The zero-order valence-electron chi connectivity index (χ0n) is 18.1. The molecular weight excluding hydrogens is 394 g/mol. The van der Waals surface area contributed by atoms with Gasteiger partial charge in [0.2, 0.25) is 0 Å². The summed E-state index contributed by atoms with van der Waals surface area (Å²) in [6, 6.07) is 13.4. The summed E-state index contributed by atoms with van der Waals surface area (Å²) in [4.78, 5) is 25.9. The van der Waals surface area contributed by atoms with Crippen molar-refractivity contribution in [3.63, 3.8) is 0 Å². The van der Waals surface area contributed by atoms with Crippen LogP contribution in [0.3, 0.4) is 0 Å². The van der Waals surface area contributed by atoms with Crippen LogP contribution in [0.15, 0.2) is 53.5 Å². The van der Waals surface area contributed by atoms with E-state index >= 15 is 0 Å². The number of rotatable bonds is 6. The summed E-state index contributed by atoms with van der Waals surface area (Å²) in [6.07, 6.45) is 2.25. The van der Waals surface area contributed by atoms with Crippen molar-refractivity contribution < 1.29 is 14.3 Å². The molecule has 0 aliphatic carbocycles. The molecule has 2 aromatic heterocycles. The van der Waals surface area contributed by atoms with Gasteiger partial charge in [0.1, 0.15) is 5.52 Å². The lowest BCUT2D eigenvalue weighted by atomic mass is 10.1. The predicted molar refractivity (Wildman–Crippen MR) is 121 cm³/mol. The summed E-state index contributed by atoms with van der Waals surface area (Å²) < 4.78 is 13.9. The molecule has 0 saturated carbocycles. The molecule has 0 atom stereocenters. The van der Waals surface area contributed by atoms with Crippen LogP contribution in [0.2, 0.25) is 0 Å². The van der Waals surface area contributed by atoms with Crippen LogP contribution in [-0.4, -0.2) is 35.8 Å². The van der Waals surface area contributed by atoms with Crippen LogP contribution in [0, 0.1) is 0 Å². The van der Waals surface area contributed by atoms with E-state index in [2.05, 4.69) is 5.32 Å². The molecule has 7 nitrogen and oxygen atoms in total. The first kappa shape index (κ1) is 20.5. The number of aromatic nitrogens is 2. The molecule has 160 valence electrons. The number of nitrogens with zero attached hydrogens (tertiary/aromatic N) is 2. The molecule has 4 aromatic rings. The number of fused-ring (bicyclic) bond motifs is 3. The molecule has 0 bridgehead atoms. The van der Waals surface area contributed by atoms with E-state index in [1.807, 2.05) is 54.1 Å². The number of methoxy groups -OCH3 is 2. The molecular formula is C24H25N3O4. The molecule has 0 aliphatic heterocycles. The van der Waals surface area contributed by atoms with E-state index in [0.29, 0.717) is 40.9 Å². The number of para-hydroxylation sites is 1. The Labute approximate surface area is 179 Å². The Bertz CT molecular complexity index is 1350. The minimum absolute atomic E-state index is 0.129. The highest BCUT2D eigenvalue weighted by Gasteiger charge is 2.20. The van der Waals surface area contributed by atoms with Gasteiger partial charge in [0, 0.05) is 43.1 Å². The first-order chi connectivity index (χ1) is 15.0. The van der Waals surface area contributed by atoms with Crippen molar-refractivity contribution in [3.8, 4) is 11.5 Å². The number of pyridine rings is 1. The van der Waals surface area contributed by atoms with Crippen LogP contribution in [0.1, 0.15) is 15.9 Å². The van der Waals surface area contributed by atoms with Crippen molar-refractivity contribution in [3.05, 3.63) is 70.1 Å². The summed E-state index contributed by atoms with van der Waals surface area (Å²) in [5.74, 6) is 1.11. The van der Waals surface area contributed by atoms with E-state index in [1.165, 1.54) is 4.57 Å². The quantitative estimate of drug-likeness (QED) is 0.521. The van der Waals surface area contributed by atoms with Gasteiger partial charge in [0.05, 0.1) is 19.8 Å². The molecule has 0 unspecified atom stereocenters. The van der Waals surface area contributed by atoms with E-state index in [1.54, 1.807) is 27.5 Å². The second-order valence-corrected chi connectivity index (χ2v) is 7.45. The fourth-order valence-electron chi connectivity index (χ4n) is 4.02. The van der Waals surface area contributed by atoms with Crippen LogP contribution < -0.4 is 20.3 Å². The third kappa shape index (κ3) is 3.52. The predicted octanol–water partition coefficient (Wildman–Crippen LogP) is 3.02. The standard InChI is InChI=1S/C24H25N3O4/c1-26-14-17(21-16-7-5-6-8-18(16)27(2)22(21)24(26)29)23(28)25-12-11-15-9-10-19(30-3)20(13-15)31-4/h5-10,13-14H,11-12H2,1-4H3,(H,25,28). The summed E-state index contributed by atoms with van der Waals surface area (Å²) in [6.45, 7) is 0.448. The Morgan fingerprint density at radius 2 is 1.77 bits per heavy atom. The normalized spacial score (nSPS) is 11.1. The first-order valence-electron chi connectivity index (χ1n) is 10.0. The molecule has 31 heavy (non-hydrogen) atoms. The van der Waals surface area contributed by atoms with Crippen molar-refractivity contribution in [1.82, 2.24) is 14.5 Å². The average Bonchev–Trinajstić information content (AvgIpc) is 3.09. The number of amides is 1.